The maximum absolute atomic E-state index is 12.0. The molecule has 0 fully saturated rings. The molecular formula is C15H14N2O4. The average molecular weight is 286 g/mol. The molecule has 21 heavy (non-hydrogen) atoms. The van der Waals surface area contributed by atoms with Crippen LogP contribution in [0.1, 0.15) is 22.8 Å². The summed E-state index contributed by atoms with van der Waals surface area (Å²) in [7, 11) is 0. The van der Waals surface area contributed by atoms with Crippen LogP contribution in [-0.4, -0.2) is 28.7 Å². The molecule has 1 rings (SSSR count). The van der Waals surface area contributed by atoms with Crippen molar-refractivity contribution in [1.82, 2.24) is 0 Å². The highest BCUT2D eigenvalue weighted by atomic mass is 16.4. The summed E-state index contributed by atoms with van der Waals surface area (Å²) in [4.78, 5) is 23.2. The number of nitriles is 1. The first-order valence-corrected chi connectivity index (χ1v) is 6.06. The van der Waals surface area contributed by atoms with E-state index in [1.807, 2.05) is 6.07 Å². The topological polar surface area (TPSA) is 110 Å². The first-order valence-electron chi connectivity index (χ1n) is 6.06. The lowest BCUT2D eigenvalue weighted by atomic mass is 10.1. The molecule has 0 aromatic heterocycles. The number of aromatic carboxylic acids is 1. The summed E-state index contributed by atoms with van der Waals surface area (Å²) in [6.07, 6.45) is 4.36. The molecular weight excluding hydrogens is 272 g/mol. The van der Waals surface area contributed by atoms with Crippen LogP contribution in [0.5, 0.6) is 0 Å². The first kappa shape index (κ1) is 16.1. The van der Waals surface area contributed by atoms with Crippen molar-refractivity contribution >= 4 is 17.6 Å². The molecule has 0 bridgehead atoms. The number of nitrogens with zero attached hydrogens (tertiary/aromatic N) is 1. The molecule has 1 aromatic rings. The zero-order chi connectivity index (χ0) is 15.8. The number of aliphatic hydroxyl groups excluding tert-OH is 1. The Hall–Kier alpha value is -2.91. The molecule has 0 heterocycles. The van der Waals surface area contributed by atoms with Gasteiger partial charge in [-0.15, -0.1) is 0 Å². The summed E-state index contributed by atoms with van der Waals surface area (Å²) in [6, 6.07) is 5.81. The van der Waals surface area contributed by atoms with E-state index in [9.17, 15) is 9.59 Å². The number of aliphatic hydroxyl groups is 1. The van der Waals surface area contributed by atoms with Gasteiger partial charge >= 0.3 is 5.97 Å². The molecule has 3 N–H and O–H groups in total. The van der Waals surface area contributed by atoms with E-state index in [1.165, 1.54) is 36.4 Å². The monoisotopic (exact) mass is 286 g/mol. The summed E-state index contributed by atoms with van der Waals surface area (Å²) < 4.78 is 0. The quantitative estimate of drug-likeness (QED) is 0.563. The Morgan fingerprint density at radius 3 is 2.67 bits per heavy atom. The summed E-state index contributed by atoms with van der Waals surface area (Å²) in [5.74, 6) is -1.75. The highest BCUT2D eigenvalue weighted by Gasteiger charge is 2.14. The van der Waals surface area contributed by atoms with E-state index in [1.54, 1.807) is 6.92 Å². The lowest BCUT2D eigenvalue weighted by Gasteiger charge is -2.09. The van der Waals surface area contributed by atoms with Crippen LogP contribution in [0.15, 0.2) is 42.0 Å². The third kappa shape index (κ3) is 4.30. The largest absolute Gasteiger partial charge is 0.478 e. The minimum absolute atomic E-state index is 0.100. The van der Waals surface area contributed by atoms with Crippen LogP contribution in [0, 0.1) is 11.3 Å². The maximum Gasteiger partial charge on any atom is 0.337 e. The van der Waals surface area contributed by atoms with E-state index in [2.05, 4.69) is 5.32 Å². The van der Waals surface area contributed by atoms with Crippen molar-refractivity contribution in [2.75, 3.05) is 11.9 Å². The van der Waals surface area contributed by atoms with Gasteiger partial charge in [0.05, 0.1) is 29.5 Å². The predicted molar refractivity (Wildman–Crippen MR) is 76.7 cm³/mol. The van der Waals surface area contributed by atoms with Crippen molar-refractivity contribution in [3.63, 3.8) is 0 Å². The molecule has 0 unspecified atom stereocenters. The molecule has 108 valence electrons. The summed E-state index contributed by atoms with van der Waals surface area (Å²) in [5, 5.41) is 29.1. The van der Waals surface area contributed by atoms with Gasteiger partial charge in [-0.2, -0.15) is 5.26 Å². The van der Waals surface area contributed by atoms with Crippen molar-refractivity contribution in [2.45, 2.75) is 6.92 Å². The third-order valence-corrected chi connectivity index (χ3v) is 2.60. The zero-order valence-corrected chi connectivity index (χ0v) is 11.3. The number of allylic oxidation sites excluding steroid dienone is 1. The Morgan fingerprint density at radius 1 is 1.43 bits per heavy atom. The molecule has 1 aromatic carbocycles. The van der Waals surface area contributed by atoms with E-state index >= 15 is 0 Å². The number of carbonyl (C=O) groups excluding carboxylic acids is 1. The summed E-state index contributed by atoms with van der Waals surface area (Å²) in [6.45, 7) is 1.44. The van der Waals surface area contributed by atoms with Gasteiger partial charge in [0.1, 0.15) is 0 Å². The number of anilines is 1. The number of hydrogen-bond donors (Lipinski definition) is 3. The zero-order valence-electron chi connectivity index (χ0n) is 11.3. The number of nitrogens with one attached hydrogen (secondary N) is 1. The van der Waals surface area contributed by atoms with Gasteiger partial charge in [0.15, 0.2) is 0 Å². The van der Waals surface area contributed by atoms with Crippen LogP contribution < -0.4 is 5.32 Å². The Bertz CT molecular complexity index is 654. The Morgan fingerprint density at radius 2 is 2.14 bits per heavy atom. The molecule has 0 atom stereocenters. The minimum Gasteiger partial charge on any atom is -0.478 e. The number of rotatable bonds is 5. The molecule has 6 nitrogen and oxygen atoms in total. The van der Waals surface area contributed by atoms with E-state index in [4.69, 9.17) is 15.5 Å². The first-order chi connectivity index (χ1) is 10.0. The fraction of sp³-hybridized carbons (Fsp3) is 0.133. The van der Waals surface area contributed by atoms with E-state index < -0.39 is 11.9 Å². The highest BCUT2D eigenvalue weighted by molar-refractivity contribution is 6.08. The molecule has 0 saturated heterocycles. The molecule has 0 spiro atoms. The normalized spacial score (nSPS) is 11.2. The van der Waals surface area contributed by atoms with Crippen LogP contribution in [0.3, 0.4) is 0 Å². The van der Waals surface area contributed by atoms with Gasteiger partial charge in [0.2, 0.25) is 0 Å². The van der Waals surface area contributed by atoms with Gasteiger partial charge in [0, 0.05) is 5.57 Å². The lowest BCUT2D eigenvalue weighted by Crippen LogP contribution is -2.16. The Balaban J connectivity index is 3.08. The van der Waals surface area contributed by atoms with E-state index in [-0.39, 0.29) is 29.0 Å². The van der Waals surface area contributed by atoms with Crippen LogP contribution in [0.4, 0.5) is 5.69 Å². The fourth-order valence-corrected chi connectivity index (χ4v) is 1.58. The number of hydrogen-bond acceptors (Lipinski definition) is 4. The lowest BCUT2D eigenvalue weighted by molar-refractivity contribution is -0.112. The molecule has 0 radical (unpaired) electrons. The Kier molecular flexibility index (Phi) is 5.86. The molecule has 0 aliphatic heterocycles. The van der Waals surface area contributed by atoms with Crippen LogP contribution in [0.2, 0.25) is 0 Å². The Labute approximate surface area is 121 Å². The van der Waals surface area contributed by atoms with Gasteiger partial charge in [-0.1, -0.05) is 18.2 Å². The second-order valence-corrected chi connectivity index (χ2v) is 3.96. The average Bonchev–Trinajstić information content (AvgIpc) is 2.48. The molecule has 0 aliphatic carbocycles. The molecule has 0 aliphatic rings. The number of carboxylic acid groups (broad SMARTS) is 1. The third-order valence-electron chi connectivity index (χ3n) is 2.60. The number of carbonyl (C=O) groups is 2. The molecule has 1 amide bonds. The standard InChI is InChI=1S/C15H14N2O4/c1-2-11(4-3-7-18)14(19)17-13-6-5-10(9-16)8-12(13)15(20)21/h2-6,8,18H,7H2,1H3,(H,17,19)(H,20,21)/b4-3-,11-2+. The minimum atomic E-state index is -1.24. The number of carboxylic acids is 1. The van der Waals surface area contributed by atoms with Crippen molar-refractivity contribution < 1.29 is 19.8 Å². The highest BCUT2D eigenvalue weighted by Crippen LogP contribution is 2.18. The smallest absolute Gasteiger partial charge is 0.337 e. The second-order valence-electron chi connectivity index (χ2n) is 3.96. The van der Waals surface area contributed by atoms with Gasteiger partial charge in [-0.25, -0.2) is 4.79 Å². The van der Waals surface area contributed by atoms with Crippen molar-refractivity contribution in [2.24, 2.45) is 0 Å². The predicted octanol–water partition coefficient (Wildman–Crippen LogP) is 1.69. The van der Waals surface area contributed by atoms with Crippen molar-refractivity contribution in [3.05, 3.63) is 53.1 Å². The van der Waals surface area contributed by atoms with Crippen molar-refractivity contribution in [1.29, 1.82) is 5.26 Å². The summed E-state index contributed by atoms with van der Waals surface area (Å²) in [5.41, 5.74) is 0.411. The van der Waals surface area contributed by atoms with Gasteiger partial charge in [-0.05, 0) is 25.1 Å². The molecule has 0 saturated carbocycles. The van der Waals surface area contributed by atoms with Crippen molar-refractivity contribution in [3.8, 4) is 6.07 Å². The van der Waals surface area contributed by atoms with Gasteiger partial charge in [-0.3, -0.25) is 4.79 Å². The van der Waals surface area contributed by atoms with E-state index in [0.29, 0.717) is 0 Å². The van der Waals surface area contributed by atoms with Crippen LogP contribution >= 0.6 is 0 Å². The summed E-state index contributed by atoms with van der Waals surface area (Å²) >= 11 is 0. The number of amides is 1. The van der Waals surface area contributed by atoms with Gasteiger partial charge < -0.3 is 15.5 Å². The van der Waals surface area contributed by atoms with E-state index in [0.717, 1.165) is 0 Å². The SMILES string of the molecule is C/C=C(\C=C/CO)C(=O)Nc1ccc(C#N)cc1C(=O)O. The van der Waals surface area contributed by atoms with Gasteiger partial charge in [0.25, 0.3) is 5.91 Å². The second kappa shape index (κ2) is 7.62. The van der Waals surface area contributed by atoms with Crippen LogP contribution in [0.25, 0.3) is 0 Å². The van der Waals surface area contributed by atoms with Crippen LogP contribution in [-0.2, 0) is 4.79 Å². The maximum atomic E-state index is 12.0. The fourth-order valence-electron chi connectivity index (χ4n) is 1.58. The number of benzene rings is 1. The molecule has 6 heteroatoms.